The Balaban J connectivity index is 2.42. The van der Waals surface area contributed by atoms with Crippen molar-refractivity contribution in [3.63, 3.8) is 0 Å². The molecule has 1 heterocycles. The van der Waals surface area contributed by atoms with E-state index in [9.17, 15) is 19.5 Å². The fourth-order valence-corrected chi connectivity index (χ4v) is 3.56. The van der Waals surface area contributed by atoms with E-state index in [0.717, 1.165) is 5.57 Å². The molecule has 2 rings (SSSR count). The SMILES string of the molecule is C=C1C(=O)O[C@@H]2C=C(C)[C@@H](OC(C)=O)CC=C(C)C[C@@H](OC(=O)C(=CCO)CO)[C@@H]12. The van der Waals surface area contributed by atoms with Crippen LogP contribution >= 0.6 is 0 Å². The highest BCUT2D eigenvalue weighted by molar-refractivity contribution is 5.92. The monoisotopic (exact) mass is 420 g/mol. The first-order valence-corrected chi connectivity index (χ1v) is 9.70. The standard InChI is InChI=1S/C22H28O8/c1-12-5-6-17(28-15(4)25)13(2)10-19-20(14(3)21(26)29-19)18(9-12)30-22(27)16(11-24)7-8-23/h5,7,10,17-20,23-24H,3,6,8-9,11H2,1-2,4H3/t17-,18+,19+,20+/m0/s1. The molecule has 0 radical (unpaired) electrons. The van der Waals surface area contributed by atoms with Crippen molar-refractivity contribution in [1.82, 2.24) is 0 Å². The Hall–Kier alpha value is -2.71. The number of fused-ring (bicyclic) bond motifs is 1. The number of ether oxygens (including phenoxy) is 3. The first-order chi connectivity index (χ1) is 14.2. The summed E-state index contributed by atoms with van der Waals surface area (Å²) >= 11 is 0. The van der Waals surface area contributed by atoms with Gasteiger partial charge in [0.05, 0.1) is 24.7 Å². The molecule has 1 aliphatic heterocycles. The van der Waals surface area contributed by atoms with Crippen LogP contribution < -0.4 is 0 Å². The topological polar surface area (TPSA) is 119 Å². The van der Waals surface area contributed by atoms with Crippen LogP contribution in [-0.4, -0.2) is 59.6 Å². The number of hydrogen-bond donors (Lipinski definition) is 2. The van der Waals surface area contributed by atoms with Gasteiger partial charge in [0.25, 0.3) is 0 Å². The van der Waals surface area contributed by atoms with Crippen molar-refractivity contribution in [1.29, 1.82) is 0 Å². The molecule has 2 aliphatic rings. The minimum atomic E-state index is -0.786. The summed E-state index contributed by atoms with van der Waals surface area (Å²) in [5.41, 5.74) is 1.67. The summed E-state index contributed by atoms with van der Waals surface area (Å²) in [6, 6.07) is 0. The second-order valence-corrected chi connectivity index (χ2v) is 7.43. The van der Waals surface area contributed by atoms with Crippen molar-refractivity contribution in [2.45, 2.75) is 51.9 Å². The van der Waals surface area contributed by atoms with Crippen LogP contribution in [0.3, 0.4) is 0 Å². The van der Waals surface area contributed by atoms with Crippen LogP contribution in [0.15, 0.2) is 47.1 Å². The Morgan fingerprint density at radius 2 is 2.00 bits per heavy atom. The number of carbonyl (C=O) groups excluding carboxylic acids is 3. The van der Waals surface area contributed by atoms with Gasteiger partial charge in [-0.2, -0.15) is 0 Å². The summed E-state index contributed by atoms with van der Waals surface area (Å²) in [6.07, 6.45) is 3.45. The van der Waals surface area contributed by atoms with Crippen LogP contribution in [0, 0.1) is 5.92 Å². The zero-order valence-corrected chi connectivity index (χ0v) is 17.4. The molecule has 4 atom stereocenters. The molecule has 164 valence electrons. The molecule has 0 unspecified atom stereocenters. The van der Waals surface area contributed by atoms with Gasteiger partial charge in [-0.05, 0) is 31.6 Å². The normalized spacial score (nSPS) is 27.4. The number of esters is 3. The van der Waals surface area contributed by atoms with Gasteiger partial charge in [-0.15, -0.1) is 0 Å². The lowest BCUT2D eigenvalue weighted by Gasteiger charge is -2.28. The lowest BCUT2D eigenvalue weighted by molar-refractivity contribution is -0.148. The Kier molecular flexibility index (Phi) is 8.14. The zero-order chi connectivity index (χ0) is 22.4. The molecule has 1 aliphatic carbocycles. The molecule has 0 spiro atoms. The predicted molar refractivity (Wildman–Crippen MR) is 107 cm³/mol. The lowest BCUT2D eigenvalue weighted by Crippen LogP contribution is -2.34. The summed E-state index contributed by atoms with van der Waals surface area (Å²) in [6.45, 7) is 7.76. The van der Waals surface area contributed by atoms with E-state index in [1.54, 1.807) is 13.0 Å². The Labute approximate surface area is 175 Å². The first kappa shape index (κ1) is 23.6. The van der Waals surface area contributed by atoms with E-state index >= 15 is 0 Å². The molecule has 0 bridgehead atoms. The van der Waals surface area contributed by atoms with Crippen LogP contribution in [0.2, 0.25) is 0 Å². The third-order valence-electron chi connectivity index (χ3n) is 5.14. The van der Waals surface area contributed by atoms with Gasteiger partial charge in [-0.25, -0.2) is 9.59 Å². The van der Waals surface area contributed by atoms with Gasteiger partial charge in [0, 0.05) is 25.3 Å². The van der Waals surface area contributed by atoms with Crippen molar-refractivity contribution in [3.05, 3.63) is 47.1 Å². The minimum absolute atomic E-state index is 0.0784. The Morgan fingerprint density at radius 3 is 2.60 bits per heavy atom. The van der Waals surface area contributed by atoms with Crippen LogP contribution in [0.5, 0.6) is 0 Å². The molecule has 0 aromatic carbocycles. The first-order valence-electron chi connectivity index (χ1n) is 9.70. The second-order valence-electron chi connectivity index (χ2n) is 7.43. The van der Waals surface area contributed by atoms with Gasteiger partial charge < -0.3 is 24.4 Å². The van der Waals surface area contributed by atoms with Gasteiger partial charge in [0.1, 0.15) is 18.3 Å². The molecule has 0 aromatic heterocycles. The molecule has 0 saturated carbocycles. The average molecular weight is 420 g/mol. The largest absolute Gasteiger partial charge is 0.458 e. The van der Waals surface area contributed by atoms with E-state index in [2.05, 4.69) is 6.58 Å². The molecule has 8 heteroatoms. The average Bonchev–Trinajstić information content (AvgIpc) is 2.94. The molecular weight excluding hydrogens is 392 g/mol. The zero-order valence-electron chi connectivity index (χ0n) is 17.4. The third kappa shape index (κ3) is 5.67. The third-order valence-corrected chi connectivity index (χ3v) is 5.14. The highest BCUT2D eigenvalue weighted by Crippen LogP contribution is 2.36. The molecule has 0 amide bonds. The summed E-state index contributed by atoms with van der Waals surface area (Å²) in [5, 5.41) is 18.4. The van der Waals surface area contributed by atoms with Gasteiger partial charge in [-0.1, -0.05) is 18.2 Å². The van der Waals surface area contributed by atoms with E-state index in [1.807, 2.05) is 13.0 Å². The van der Waals surface area contributed by atoms with E-state index in [4.69, 9.17) is 19.3 Å². The molecule has 1 fully saturated rings. The van der Waals surface area contributed by atoms with E-state index < -0.39 is 55.4 Å². The Morgan fingerprint density at radius 1 is 1.30 bits per heavy atom. The molecule has 1 saturated heterocycles. The maximum atomic E-state index is 12.5. The number of carbonyl (C=O) groups is 3. The Bertz CT molecular complexity index is 804. The summed E-state index contributed by atoms with van der Waals surface area (Å²) in [5.74, 6) is -2.44. The molecule has 0 aromatic rings. The van der Waals surface area contributed by atoms with Crippen molar-refractivity contribution in [3.8, 4) is 0 Å². The predicted octanol–water partition coefficient (Wildman–Crippen LogP) is 1.53. The van der Waals surface area contributed by atoms with Crippen molar-refractivity contribution in [2.75, 3.05) is 13.2 Å². The second kappa shape index (κ2) is 10.4. The number of rotatable bonds is 5. The summed E-state index contributed by atoms with van der Waals surface area (Å²) in [4.78, 5) is 36.2. The highest BCUT2D eigenvalue weighted by atomic mass is 16.6. The maximum Gasteiger partial charge on any atom is 0.336 e. The smallest absolute Gasteiger partial charge is 0.336 e. The van der Waals surface area contributed by atoms with Crippen molar-refractivity contribution >= 4 is 17.9 Å². The van der Waals surface area contributed by atoms with Crippen LogP contribution in [-0.2, 0) is 28.6 Å². The van der Waals surface area contributed by atoms with E-state index in [1.165, 1.54) is 13.0 Å². The molecular formula is C22H28O8. The van der Waals surface area contributed by atoms with Crippen molar-refractivity contribution in [2.24, 2.45) is 5.92 Å². The molecule has 30 heavy (non-hydrogen) atoms. The van der Waals surface area contributed by atoms with Crippen LogP contribution in [0.4, 0.5) is 0 Å². The number of hydrogen-bond acceptors (Lipinski definition) is 8. The fraction of sp³-hybridized carbons (Fsp3) is 0.500. The number of aliphatic hydroxyl groups excluding tert-OH is 2. The minimum Gasteiger partial charge on any atom is -0.458 e. The lowest BCUT2D eigenvalue weighted by atomic mass is 9.85. The van der Waals surface area contributed by atoms with Gasteiger partial charge in [-0.3, -0.25) is 4.79 Å². The summed E-state index contributed by atoms with van der Waals surface area (Å²) < 4.78 is 16.5. The van der Waals surface area contributed by atoms with Gasteiger partial charge >= 0.3 is 17.9 Å². The highest BCUT2D eigenvalue weighted by Gasteiger charge is 2.45. The molecule has 8 nitrogen and oxygen atoms in total. The van der Waals surface area contributed by atoms with Gasteiger partial charge in [0.2, 0.25) is 0 Å². The van der Waals surface area contributed by atoms with E-state index in [-0.39, 0.29) is 11.1 Å². The molecule has 2 N–H and O–H groups in total. The van der Waals surface area contributed by atoms with Crippen molar-refractivity contribution < 1.29 is 38.8 Å². The van der Waals surface area contributed by atoms with Crippen LogP contribution in [0.1, 0.15) is 33.6 Å². The van der Waals surface area contributed by atoms with E-state index in [0.29, 0.717) is 18.4 Å². The van der Waals surface area contributed by atoms with Gasteiger partial charge in [0.15, 0.2) is 0 Å². The van der Waals surface area contributed by atoms with Crippen LogP contribution in [0.25, 0.3) is 0 Å². The fourth-order valence-electron chi connectivity index (χ4n) is 3.56. The maximum absolute atomic E-state index is 12.5. The quantitative estimate of drug-likeness (QED) is 0.297. The number of aliphatic hydroxyl groups is 2. The summed E-state index contributed by atoms with van der Waals surface area (Å²) in [7, 11) is 0.